The smallest absolute Gasteiger partial charge is 0.323 e. The number of carboxylic acids is 1. The fourth-order valence-electron chi connectivity index (χ4n) is 1.02. The normalized spacial score (nSPS) is 14.5. The number of methoxy groups -OCH3 is 1. The van der Waals surface area contributed by atoms with E-state index in [1.165, 1.54) is 6.92 Å². The average molecular weight is 249 g/mol. The minimum Gasteiger partial charge on any atom is -0.480 e. The van der Waals surface area contributed by atoms with Crippen LogP contribution in [0.3, 0.4) is 0 Å². The van der Waals surface area contributed by atoms with E-state index in [1.54, 1.807) is 7.11 Å². The maximum Gasteiger partial charge on any atom is 0.323 e. The van der Waals surface area contributed by atoms with Crippen molar-refractivity contribution in [1.29, 1.82) is 0 Å². The number of carboxylic acid groups (broad SMARTS) is 1. The van der Waals surface area contributed by atoms with E-state index in [0.717, 1.165) is 6.42 Å². The minimum atomic E-state index is -1.22. The lowest BCUT2D eigenvalue weighted by Gasteiger charge is -2.18. The van der Waals surface area contributed by atoms with E-state index in [9.17, 15) is 4.79 Å². The molecule has 0 aromatic rings. The summed E-state index contributed by atoms with van der Waals surface area (Å²) in [6.07, 6.45) is 1.14. The Kier molecular flexibility index (Phi) is 8.97. The van der Waals surface area contributed by atoms with Crippen LogP contribution in [0.5, 0.6) is 0 Å². The Morgan fingerprint density at radius 2 is 1.76 bits per heavy atom. The van der Waals surface area contributed by atoms with E-state index in [4.69, 9.17) is 25.1 Å². The largest absolute Gasteiger partial charge is 0.480 e. The Balaban J connectivity index is 3.27. The number of hydrogen-bond acceptors (Lipinski definition) is 5. The molecule has 0 bridgehead atoms. The molecule has 3 N–H and O–H groups in total. The molecule has 6 nitrogen and oxygen atoms in total. The molecule has 0 aromatic heterocycles. The van der Waals surface area contributed by atoms with Crippen molar-refractivity contribution in [2.24, 2.45) is 5.73 Å². The van der Waals surface area contributed by atoms with Gasteiger partial charge in [-0.2, -0.15) is 0 Å². The third-order valence-electron chi connectivity index (χ3n) is 2.26. The number of carbonyl (C=O) groups is 1. The van der Waals surface area contributed by atoms with Crippen molar-refractivity contribution in [3.63, 3.8) is 0 Å². The Bertz CT molecular complexity index is 208. The Hall–Kier alpha value is -0.690. The van der Waals surface area contributed by atoms with Crippen LogP contribution in [0.2, 0.25) is 0 Å². The van der Waals surface area contributed by atoms with Gasteiger partial charge in [-0.05, 0) is 19.8 Å². The monoisotopic (exact) mass is 249 g/mol. The van der Waals surface area contributed by atoms with Gasteiger partial charge in [0.25, 0.3) is 0 Å². The van der Waals surface area contributed by atoms with Gasteiger partial charge in [0, 0.05) is 26.9 Å². The molecule has 0 heterocycles. The molecule has 0 spiro atoms. The molecule has 102 valence electrons. The highest BCUT2D eigenvalue weighted by Crippen LogP contribution is 2.05. The van der Waals surface area contributed by atoms with Crippen LogP contribution in [-0.2, 0) is 19.0 Å². The van der Waals surface area contributed by atoms with E-state index in [0.29, 0.717) is 33.0 Å². The van der Waals surface area contributed by atoms with Gasteiger partial charge in [-0.1, -0.05) is 0 Å². The summed E-state index contributed by atoms with van der Waals surface area (Å²) < 4.78 is 15.4. The Labute approximate surface area is 102 Å². The predicted octanol–water partition coefficient (Wildman–Crippen LogP) is 0.248. The average Bonchev–Trinajstić information content (AvgIpc) is 2.26. The summed E-state index contributed by atoms with van der Waals surface area (Å²) in [6.45, 7) is 4.06. The standard InChI is InChI=1S/C11H23NO5/c1-11(12,10(13)14)4-7-17-9-8-16-6-3-5-15-2/h3-9,12H2,1-2H3,(H,13,14). The zero-order valence-corrected chi connectivity index (χ0v) is 10.6. The summed E-state index contributed by atoms with van der Waals surface area (Å²) in [5.74, 6) is -1.02. The van der Waals surface area contributed by atoms with Crippen molar-refractivity contribution in [3.8, 4) is 0 Å². The molecule has 0 saturated carbocycles. The van der Waals surface area contributed by atoms with Gasteiger partial charge in [0.05, 0.1) is 13.2 Å². The topological polar surface area (TPSA) is 91.0 Å². The lowest BCUT2D eigenvalue weighted by Crippen LogP contribution is -2.45. The second-order valence-corrected chi connectivity index (χ2v) is 4.04. The van der Waals surface area contributed by atoms with Crippen LogP contribution in [0.4, 0.5) is 0 Å². The third-order valence-corrected chi connectivity index (χ3v) is 2.26. The van der Waals surface area contributed by atoms with Crippen molar-refractivity contribution < 1.29 is 24.1 Å². The Morgan fingerprint density at radius 3 is 2.29 bits per heavy atom. The van der Waals surface area contributed by atoms with E-state index >= 15 is 0 Å². The maximum absolute atomic E-state index is 10.7. The highest BCUT2D eigenvalue weighted by molar-refractivity contribution is 5.77. The Morgan fingerprint density at radius 1 is 1.18 bits per heavy atom. The van der Waals surface area contributed by atoms with Crippen LogP contribution < -0.4 is 5.73 Å². The van der Waals surface area contributed by atoms with E-state index in [-0.39, 0.29) is 6.42 Å². The molecule has 0 aliphatic heterocycles. The maximum atomic E-state index is 10.7. The first-order chi connectivity index (χ1) is 8.00. The quantitative estimate of drug-likeness (QED) is 0.510. The van der Waals surface area contributed by atoms with Crippen LogP contribution >= 0.6 is 0 Å². The van der Waals surface area contributed by atoms with Gasteiger partial charge in [0.1, 0.15) is 5.54 Å². The van der Waals surface area contributed by atoms with Gasteiger partial charge in [-0.25, -0.2) is 0 Å². The fraction of sp³-hybridized carbons (Fsp3) is 0.909. The van der Waals surface area contributed by atoms with Crippen molar-refractivity contribution in [2.45, 2.75) is 25.3 Å². The fourth-order valence-corrected chi connectivity index (χ4v) is 1.02. The zero-order chi connectivity index (χ0) is 13.1. The summed E-state index contributed by atoms with van der Waals surface area (Å²) in [7, 11) is 1.65. The number of ether oxygens (including phenoxy) is 3. The van der Waals surface area contributed by atoms with Gasteiger partial charge in [0.2, 0.25) is 0 Å². The molecule has 17 heavy (non-hydrogen) atoms. The highest BCUT2D eigenvalue weighted by Gasteiger charge is 2.27. The first kappa shape index (κ1) is 16.3. The van der Waals surface area contributed by atoms with E-state index in [1.807, 2.05) is 0 Å². The van der Waals surface area contributed by atoms with Crippen LogP contribution in [0.25, 0.3) is 0 Å². The molecule has 1 atom stereocenters. The number of aliphatic carboxylic acids is 1. The SMILES string of the molecule is COCCCOCCOCCC(C)(N)C(=O)O. The lowest BCUT2D eigenvalue weighted by atomic mass is 10.0. The molecular weight excluding hydrogens is 226 g/mol. The van der Waals surface area contributed by atoms with Crippen LogP contribution in [0.15, 0.2) is 0 Å². The van der Waals surface area contributed by atoms with Crippen LogP contribution in [-0.4, -0.2) is 56.8 Å². The summed E-state index contributed by atoms with van der Waals surface area (Å²) in [5.41, 5.74) is 4.31. The molecule has 0 amide bonds. The second kappa shape index (κ2) is 9.35. The number of rotatable bonds is 11. The van der Waals surface area contributed by atoms with Crippen molar-refractivity contribution in [1.82, 2.24) is 0 Å². The van der Waals surface area contributed by atoms with Gasteiger partial charge in [0.15, 0.2) is 0 Å². The van der Waals surface area contributed by atoms with Gasteiger partial charge in [-0.15, -0.1) is 0 Å². The van der Waals surface area contributed by atoms with E-state index < -0.39 is 11.5 Å². The number of nitrogens with two attached hydrogens (primary N) is 1. The van der Waals surface area contributed by atoms with Crippen molar-refractivity contribution >= 4 is 5.97 Å². The second-order valence-electron chi connectivity index (χ2n) is 4.04. The molecule has 1 unspecified atom stereocenters. The summed E-state index contributed by atoms with van der Waals surface area (Å²) in [5, 5.41) is 8.75. The highest BCUT2D eigenvalue weighted by atomic mass is 16.5. The predicted molar refractivity (Wildman–Crippen MR) is 63.0 cm³/mol. The van der Waals surface area contributed by atoms with Crippen LogP contribution in [0.1, 0.15) is 19.8 Å². The molecular formula is C11H23NO5. The molecule has 6 heteroatoms. The number of hydrogen-bond donors (Lipinski definition) is 2. The first-order valence-electron chi connectivity index (χ1n) is 5.67. The first-order valence-corrected chi connectivity index (χ1v) is 5.67. The zero-order valence-electron chi connectivity index (χ0n) is 10.6. The third kappa shape index (κ3) is 9.05. The molecule has 0 aliphatic rings. The van der Waals surface area contributed by atoms with Crippen LogP contribution in [0, 0.1) is 0 Å². The summed E-state index contributed by atoms with van der Waals surface area (Å²) in [6, 6.07) is 0. The van der Waals surface area contributed by atoms with Gasteiger partial charge >= 0.3 is 5.97 Å². The molecule has 0 saturated heterocycles. The molecule has 0 aromatic carbocycles. The van der Waals surface area contributed by atoms with Crippen molar-refractivity contribution in [2.75, 3.05) is 40.1 Å². The molecule has 0 aliphatic carbocycles. The summed E-state index contributed by atoms with van der Waals surface area (Å²) >= 11 is 0. The minimum absolute atomic E-state index is 0.284. The van der Waals surface area contributed by atoms with Gasteiger partial charge in [-0.3, -0.25) is 4.79 Å². The summed E-state index contributed by atoms with van der Waals surface area (Å²) in [4.78, 5) is 10.7. The van der Waals surface area contributed by atoms with E-state index in [2.05, 4.69) is 0 Å². The molecule has 0 radical (unpaired) electrons. The molecule has 0 rings (SSSR count). The van der Waals surface area contributed by atoms with Gasteiger partial charge < -0.3 is 25.1 Å². The molecule has 0 fully saturated rings. The van der Waals surface area contributed by atoms with Crippen molar-refractivity contribution in [3.05, 3.63) is 0 Å². The lowest BCUT2D eigenvalue weighted by molar-refractivity contribution is -0.143.